The number of nitrogens with one attached hydrogen (secondary N) is 1. The number of hydrogen-bond acceptors (Lipinski definition) is 4. The zero-order valence-corrected chi connectivity index (χ0v) is 13.7. The first-order valence-electron chi connectivity index (χ1n) is 7.87. The van der Waals surface area contributed by atoms with Gasteiger partial charge in [0.1, 0.15) is 0 Å². The van der Waals surface area contributed by atoms with Crippen LogP contribution in [0.5, 0.6) is 0 Å². The second-order valence-corrected chi connectivity index (χ2v) is 5.76. The monoisotopic (exact) mass is 321 g/mol. The van der Waals surface area contributed by atoms with Gasteiger partial charge in [-0.1, -0.05) is 53.1 Å². The molecule has 0 bridgehead atoms. The van der Waals surface area contributed by atoms with E-state index in [0.29, 0.717) is 18.7 Å². The van der Waals surface area contributed by atoms with Crippen molar-refractivity contribution in [1.29, 1.82) is 0 Å². The Bertz CT molecular complexity index is 841. The summed E-state index contributed by atoms with van der Waals surface area (Å²) in [6, 6.07) is 16.0. The Morgan fingerprint density at radius 3 is 2.67 bits per heavy atom. The predicted octanol–water partition coefficient (Wildman–Crippen LogP) is 3.92. The molecule has 1 amide bonds. The van der Waals surface area contributed by atoms with Crippen LogP contribution < -0.4 is 5.32 Å². The van der Waals surface area contributed by atoms with Crippen LogP contribution in [0.3, 0.4) is 0 Å². The maximum Gasteiger partial charge on any atom is 0.322 e. The summed E-state index contributed by atoms with van der Waals surface area (Å²) < 4.78 is 5.57. The van der Waals surface area contributed by atoms with Gasteiger partial charge in [0.15, 0.2) is 0 Å². The highest BCUT2D eigenvalue weighted by atomic mass is 16.4. The molecule has 0 fully saturated rings. The maximum absolute atomic E-state index is 12.0. The smallest absolute Gasteiger partial charge is 0.322 e. The van der Waals surface area contributed by atoms with Gasteiger partial charge >= 0.3 is 6.01 Å². The molecule has 1 heterocycles. The standard InChI is InChI=1S/C19H19N3O2/c1-13-8-9-14(2)16(12-13)18-21-22-19(24-18)20-17(23)11-10-15-6-4-3-5-7-15/h3-9,12H,10-11H2,1-2H3,(H,20,22,23). The highest BCUT2D eigenvalue weighted by molar-refractivity contribution is 5.88. The highest BCUT2D eigenvalue weighted by Gasteiger charge is 2.13. The van der Waals surface area contributed by atoms with Crippen molar-refractivity contribution in [3.8, 4) is 11.5 Å². The largest absolute Gasteiger partial charge is 0.403 e. The number of benzene rings is 2. The van der Waals surface area contributed by atoms with Gasteiger partial charge in [0, 0.05) is 12.0 Å². The number of rotatable bonds is 5. The minimum Gasteiger partial charge on any atom is -0.403 e. The molecule has 3 aromatic rings. The number of carbonyl (C=O) groups excluding carboxylic acids is 1. The maximum atomic E-state index is 12.0. The number of anilines is 1. The van der Waals surface area contributed by atoms with Crippen LogP contribution in [-0.4, -0.2) is 16.1 Å². The van der Waals surface area contributed by atoms with Gasteiger partial charge in [0.25, 0.3) is 0 Å². The number of carbonyl (C=O) groups is 1. The van der Waals surface area contributed by atoms with Crippen LogP contribution >= 0.6 is 0 Å². The van der Waals surface area contributed by atoms with Gasteiger partial charge in [-0.3, -0.25) is 10.1 Å². The van der Waals surface area contributed by atoms with E-state index in [1.54, 1.807) is 0 Å². The van der Waals surface area contributed by atoms with Crippen LogP contribution in [0.1, 0.15) is 23.1 Å². The number of nitrogens with zero attached hydrogens (tertiary/aromatic N) is 2. The second kappa shape index (κ2) is 7.08. The Kier molecular flexibility index (Phi) is 4.70. The van der Waals surface area contributed by atoms with E-state index in [-0.39, 0.29) is 11.9 Å². The lowest BCUT2D eigenvalue weighted by molar-refractivity contribution is -0.116. The van der Waals surface area contributed by atoms with E-state index in [0.717, 1.165) is 22.3 Å². The molecule has 1 N–H and O–H groups in total. The number of aromatic nitrogens is 2. The average molecular weight is 321 g/mol. The van der Waals surface area contributed by atoms with Crippen molar-refractivity contribution in [2.24, 2.45) is 0 Å². The molecule has 0 unspecified atom stereocenters. The van der Waals surface area contributed by atoms with Gasteiger partial charge in [-0.2, -0.15) is 0 Å². The first-order chi connectivity index (χ1) is 11.6. The summed E-state index contributed by atoms with van der Waals surface area (Å²) in [6.07, 6.45) is 1.04. The van der Waals surface area contributed by atoms with E-state index < -0.39 is 0 Å². The van der Waals surface area contributed by atoms with Crippen LogP contribution in [0.2, 0.25) is 0 Å². The second-order valence-electron chi connectivity index (χ2n) is 5.76. The fourth-order valence-corrected chi connectivity index (χ4v) is 2.43. The van der Waals surface area contributed by atoms with Crippen molar-refractivity contribution in [1.82, 2.24) is 10.2 Å². The molecule has 24 heavy (non-hydrogen) atoms. The Labute approximate surface area is 140 Å². The molecule has 0 spiro atoms. The van der Waals surface area contributed by atoms with Crippen LogP contribution in [0.25, 0.3) is 11.5 Å². The lowest BCUT2D eigenvalue weighted by Gasteiger charge is -2.02. The van der Waals surface area contributed by atoms with Gasteiger partial charge in [0.2, 0.25) is 11.8 Å². The molecule has 0 aliphatic heterocycles. The Morgan fingerprint density at radius 1 is 1.08 bits per heavy atom. The topological polar surface area (TPSA) is 68.0 Å². The molecule has 0 aliphatic rings. The van der Waals surface area contributed by atoms with Crippen LogP contribution in [-0.2, 0) is 11.2 Å². The van der Waals surface area contributed by atoms with E-state index in [4.69, 9.17) is 4.42 Å². The predicted molar refractivity (Wildman–Crippen MR) is 92.6 cm³/mol. The highest BCUT2D eigenvalue weighted by Crippen LogP contribution is 2.24. The SMILES string of the molecule is Cc1ccc(C)c(-c2nnc(NC(=O)CCc3ccccc3)o2)c1. The molecule has 0 radical (unpaired) electrons. The van der Waals surface area contributed by atoms with E-state index in [9.17, 15) is 4.79 Å². The average Bonchev–Trinajstić information content (AvgIpc) is 3.04. The Hall–Kier alpha value is -2.95. The van der Waals surface area contributed by atoms with Crippen molar-refractivity contribution in [3.05, 3.63) is 65.2 Å². The Morgan fingerprint density at radius 2 is 1.88 bits per heavy atom. The molecule has 3 rings (SSSR count). The van der Waals surface area contributed by atoms with Gasteiger partial charge in [-0.15, -0.1) is 5.10 Å². The summed E-state index contributed by atoms with van der Waals surface area (Å²) >= 11 is 0. The van der Waals surface area contributed by atoms with Crippen molar-refractivity contribution < 1.29 is 9.21 Å². The Balaban J connectivity index is 1.63. The van der Waals surface area contributed by atoms with Crippen molar-refractivity contribution in [2.75, 3.05) is 5.32 Å². The van der Waals surface area contributed by atoms with Crippen molar-refractivity contribution in [3.63, 3.8) is 0 Å². The molecule has 0 saturated carbocycles. The van der Waals surface area contributed by atoms with E-state index >= 15 is 0 Å². The molecule has 2 aromatic carbocycles. The minimum absolute atomic E-state index is 0.129. The molecule has 1 aromatic heterocycles. The number of hydrogen-bond donors (Lipinski definition) is 1. The van der Waals surface area contributed by atoms with E-state index in [1.165, 1.54) is 0 Å². The lowest BCUT2D eigenvalue weighted by atomic mass is 10.1. The van der Waals surface area contributed by atoms with Gasteiger partial charge in [-0.05, 0) is 37.5 Å². The first kappa shape index (κ1) is 15.9. The van der Waals surface area contributed by atoms with E-state index in [1.807, 2.05) is 62.4 Å². The van der Waals surface area contributed by atoms with Crippen molar-refractivity contribution >= 4 is 11.9 Å². The normalized spacial score (nSPS) is 10.6. The fourth-order valence-electron chi connectivity index (χ4n) is 2.43. The third-order valence-electron chi connectivity index (χ3n) is 3.78. The summed E-state index contributed by atoms with van der Waals surface area (Å²) in [4.78, 5) is 12.0. The van der Waals surface area contributed by atoms with Gasteiger partial charge in [-0.25, -0.2) is 0 Å². The third-order valence-corrected chi connectivity index (χ3v) is 3.78. The van der Waals surface area contributed by atoms with Gasteiger partial charge < -0.3 is 4.42 Å². The van der Waals surface area contributed by atoms with Gasteiger partial charge in [0.05, 0.1) is 0 Å². The fraction of sp³-hybridized carbons (Fsp3) is 0.211. The third kappa shape index (κ3) is 3.87. The summed E-state index contributed by atoms with van der Waals surface area (Å²) in [5, 5.41) is 10.6. The molecule has 0 atom stereocenters. The summed E-state index contributed by atoms with van der Waals surface area (Å²) in [6.45, 7) is 3.99. The molecular weight excluding hydrogens is 302 g/mol. The zero-order valence-electron chi connectivity index (χ0n) is 13.7. The first-order valence-corrected chi connectivity index (χ1v) is 7.87. The van der Waals surface area contributed by atoms with E-state index in [2.05, 4.69) is 15.5 Å². The van der Waals surface area contributed by atoms with Crippen LogP contribution in [0, 0.1) is 13.8 Å². The molecule has 0 aliphatic carbocycles. The molecule has 0 saturated heterocycles. The molecule has 5 heteroatoms. The minimum atomic E-state index is -0.144. The zero-order chi connectivity index (χ0) is 16.9. The molecular formula is C19H19N3O2. The van der Waals surface area contributed by atoms with Crippen molar-refractivity contribution in [2.45, 2.75) is 26.7 Å². The number of amides is 1. The summed E-state index contributed by atoms with van der Waals surface area (Å²) in [7, 11) is 0. The lowest BCUT2D eigenvalue weighted by Crippen LogP contribution is -2.12. The number of aryl methyl sites for hydroxylation is 3. The summed E-state index contributed by atoms with van der Waals surface area (Å²) in [5.41, 5.74) is 4.16. The molecule has 5 nitrogen and oxygen atoms in total. The molecule has 122 valence electrons. The quantitative estimate of drug-likeness (QED) is 0.773. The van der Waals surface area contributed by atoms with Crippen LogP contribution in [0.4, 0.5) is 6.01 Å². The summed E-state index contributed by atoms with van der Waals surface area (Å²) in [5.74, 6) is 0.268. The van der Waals surface area contributed by atoms with Crippen LogP contribution in [0.15, 0.2) is 52.9 Å².